The minimum absolute atomic E-state index is 0.0346. The maximum atomic E-state index is 12.3. The number of nitro groups is 1. The molecule has 2 aromatic carbocycles. The zero-order chi connectivity index (χ0) is 20.0. The van der Waals surface area contributed by atoms with Crippen LogP contribution in [-0.4, -0.2) is 39.2 Å². The quantitative estimate of drug-likeness (QED) is 0.538. The number of carbonyl (C=O) groups is 1. The van der Waals surface area contributed by atoms with Gasteiger partial charge in [-0.2, -0.15) is 0 Å². The van der Waals surface area contributed by atoms with E-state index in [1.807, 2.05) is 0 Å². The lowest BCUT2D eigenvalue weighted by Gasteiger charge is -2.08. The molecular weight excluding hydrogens is 376 g/mol. The lowest BCUT2D eigenvalue weighted by Crippen LogP contribution is -2.18. The van der Waals surface area contributed by atoms with Crippen molar-refractivity contribution in [3.63, 3.8) is 0 Å². The SMILES string of the molecule is COc1ccc(S(=O)(=O)CCC(=O)Nc2ccc(OC)cc2[N+](=O)[O-])cc1. The fourth-order valence-electron chi connectivity index (χ4n) is 2.24. The van der Waals surface area contributed by atoms with Crippen LogP contribution in [0.4, 0.5) is 11.4 Å². The molecule has 0 aromatic heterocycles. The fourth-order valence-corrected chi connectivity index (χ4v) is 3.48. The van der Waals surface area contributed by atoms with Gasteiger partial charge >= 0.3 is 0 Å². The third-order valence-electron chi connectivity index (χ3n) is 3.69. The molecule has 1 amide bonds. The minimum atomic E-state index is -3.68. The van der Waals surface area contributed by atoms with Crippen LogP contribution in [0.25, 0.3) is 0 Å². The van der Waals surface area contributed by atoms with Crippen molar-refractivity contribution in [3.8, 4) is 11.5 Å². The molecule has 0 radical (unpaired) electrons. The highest BCUT2D eigenvalue weighted by Gasteiger charge is 2.20. The molecule has 1 N–H and O–H groups in total. The Labute approximate surface area is 156 Å². The number of ether oxygens (including phenoxy) is 2. The molecule has 0 aliphatic heterocycles. The van der Waals surface area contributed by atoms with E-state index in [9.17, 15) is 23.3 Å². The van der Waals surface area contributed by atoms with Gasteiger partial charge in [-0.1, -0.05) is 0 Å². The number of hydrogen-bond donors (Lipinski definition) is 1. The number of nitro benzene ring substituents is 1. The number of rotatable bonds is 8. The Morgan fingerprint density at radius 2 is 1.67 bits per heavy atom. The van der Waals surface area contributed by atoms with E-state index in [2.05, 4.69) is 5.32 Å². The van der Waals surface area contributed by atoms with Crippen LogP contribution in [0.2, 0.25) is 0 Å². The summed E-state index contributed by atoms with van der Waals surface area (Å²) in [5, 5.41) is 13.5. The predicted molar refractivity (Wildman–Crippen MR) is 97.9 cm³/mol. The van der Waals surface area contributed by atoms with Gasteiger partial charge in [-0.15, -0.1) is 0 Å². The Morgan fingerprint density at radius 3 is 2.22 bits per heavy atom. The first-order chi connectivity index (χ1) is 12.8. The number of nitrogens with one attached hydrogen (secondary N) is 1. The van der Waals surface area contributed by atoms with E-state index in [4.69, 9.17) is 9.47 Å². The molecule has 27 heavy (non-hydrogen) atoms. The first kappa shape index (κ1) is 20.2. The van der Waals surface area contributed by atoms with E-state index < -0.39 is 26.4 Å². The van der Waals surface area contributed by atoms with E-state index in [0.29, 0.717) is 5.75 Å². The van der Waals surface area contributed by atoms with Gasteiger partial charge in [-0.3, -0.25) is 14.9 Å². The van der Waals surface area contributed by atoms with Crippen molar-refractivity contribution in [2.45, 2.75) is 11.3 Å². The molecule has 0 bridgehead atoms. The van der Waals surface area contributed by atoms with Crippen LogP contribution in [0.5, 0.6) is 11.5 Å². The molecule has 0 unspecified atom stereocenters. The summed E-state index contributed by atoms with van der Waals surface area (Å²) >= 11 is 0. The topological polar surface area (TPSA) is 125 Å². The molecule has 0 saturated heterocycles. The summed E-state index contributed by atoms with van der Waals surface area (Å²) in [6.45, 7) is 0. The number of hydrogen-bond acceptors (Lipinski definition) is 7. The van der Waals surface area contributed by atoms with E-state index in [1.54, 1.807) is 0 Å². The van der Waals surface area contributed by atoms with E-state index in [0.717, 1.165) is 0 Å². The Balaban J connectivity index is 2.06. The zero-order valence-corrected chi connectivity index (χ0v) is 15.5. The molecule has 10 heteroatoms. The number of amides is 1. The largest absolute Gasteiger partial charge is 0.497 e. The molecule has 0 heterocycles. The summed E-state index contributed by atoms with van der Waals surface area (Å²) in [5.74, 6) is -0.310. The average molecular weight is 394 g/mol. The van der Waals surface area contributed by atoms with Crippen LogP contribution in [0.15, 0.2) is 47.4 Å². The number of methoxy groups -OCH3 is 2. The average Bonchev–Trinajstić information content (AvgIpc) is 2.66. The third kappa shape index (κ3) is 5.17. The molecule has 0 atom stereocenters. The van der Waals surface area contributed by atoms with Crippen molar-refractivity contribution in [1.82, 2.24) is 0 Å². The smallest absolute Gasteiger partial charge is 0.296 e. The summed E-state index contributed by atoms with van der Waals surface area (Å²) in [6, 6.07) is 9.75. The predicted octanol–water partition coefficient (Wildman–Crippen LogP) is 2.41. The van der Waals surface area contributed by atoms with Gasteiger partial charge in [0.25, 0.3) is 5.69 Å². The summed E-state index contributed by atoms with van der Waals surface area (Å²) in [4.78, 5) is 22.6. The Bertz CT molecular complexity index is 940. The monoisotopic (exact) mass is 394 g/mol. The van der Waals surface area contributed by atoms with Crippen LogP contribution in [0.3, 0.4) is 0 Å². The van der Waals surface area contributed by atoms with E-state index >= 15 is 0 Å². The highest BCUT2D eigenvalue weighted by molar-refractivity contribution is 7.91. The number of nitrogens with zero attached hydrogens (tertiary/aromatic N) is 1. The number of benzene rings is 2. The van der Waals surface area contributed by atoms with Gasteiger partial charge in [-0.25, -0.2) is 8.42 Å². The summed E-state index contributed by atoms with van der Waals surface area (Å²) in [5.41, 5.74) is -0.381. The molecule has 2 rings (SSSR count). The second kappa shape index (κ2) is 8.49. The molecule has 0 saturated carbocycles. The highest BCUT2D eigenvalue weighted by atomic mass is 32.2. The maximum absolute atomic E-state index is 12.3. The number of sulfone groups is 1. The summed E-state index contributed by atoms with van der Waals surface area (Å²) < 4.78 is 34.5. The summed E-state index contributed by atoms with van der Waals surface area (Å²) in [7, 11) is -0.853. The van der Waals surface area contributed by atoms with Crippen LogP contribution in [-0.2, 0) is 14.6 Å². The lowest BCUT2D eigenvalue weighted by molar-refractivity contribution is -0.384. The van der Waals surface area contributed by atoms with Gasteiger partial charge in [-0.05, 0) is 36.4 Å². The molecular formula is C17H18N2O7S. The Hall–Kier alpha value is -3.14. The first-order valence-corrected chi connectivity index (χ1v) is 9.41. The fraction of sp³-hybridized carbons (Fsp3) is 0.235. The normalized spacial score (nSPS) is 10.9. The molecule has 2 aromatic rings. The van der Waals surface area contributed by atoms with Crippen molar-refractivity contribution in [3.05, 3.63) is 52.6 Å². The minimum Gasteiger partial charge on any atom is -0.497 e. The van der Waals surface area contributed by atoms with Crippen LogP contribution >= 0.6 is 0 Å². The van der Waals surface area contributed by atoms with Gasteiger partial charge in [0.15, 0.2) is 9.84 Å². The van der Waals surface area contributed by atoms with Crippen molar-refractivity contribution in [1.29, 1.82) is 0 Å². The highest BCUT2D eigenvalue weighted by Crippen LogP contribution is 2.29. The van der Waals surface area contributed by atoms with Gasteiger partial charge in [0.1, 0.15) is 17.2 Å². The summed E-state index contributed by atoms with van der Waals surface area (Å²) in [6.07, 6.45) is -0.350. The zero-order valence-electron chi connectivity index (χ0n) is 14.7. The first-order valence-electron chi connectivity index (χ1n) is 7.76. The van der Waals surface area contributed by atoms with E-state index in [1.165, 1.54) is 56.7 Å². The van der Waals surface area contributed by atoms with Crippen LogP contribution < -0.4 is 14.8 Å². The molecule has 0 spiro atoms. The van der Waals surface area contributed by atoms with Gasteiger partial charge in [0.2, 0.25) is 5.91 Å². The van der Waals surface area contributed by atoms with Gasteiger partial charge < -0.3 is 14.8 Å². The number of anilines is 1. The third-order valence-corrected chi connectivity index (χ3v) is 5.42. The maximum Gasteiger partial charge on any atom is 0.296 e. The van der Waals surface area contributed by atoms with Crippen LogP contribution in [0, 0.1) is 10.1 Å². The molecule has 144 valence electrons. The molecule has 0 fully saturated rings. The Kier molecular flexibility index (Phi) is 6.35. The standard InChI is InChI=1S/C17H18N2O7S/c1-25-12-3-6-14(7-4-12)27(23,24)10-9-17(20)18-15-8-5-13(26-2)11-16(15)19(21)22/h3-8,11H,9-10H2,1-2H3,(H,18,20). The molecule has 9 nitrogen and oxygen atoms in total. The van der Waals surface area contributed by atoms with Crippen molar-refractivity contribution in [2.75, 3.05) is 25.3 Å². The number of carbonyl (C=O) groups excluding carboxylic acids is 1. The van der Waals surface area contributed by atoms with Crippen molar-refractivity contribution >= 4 is 27.1 Å². The second-order valence-corrected chi connectivity index (χ2v) is 7.54. The van der Waals surface area contributed by atoms with Gasteiger partial charge in [0, 0.05) is 6.42 Å². The van der Waals surface area contributed by atoms with Crippen molar-refractivity contribution < 1.29 is 27.6 Å². The molecule has 0 aliphatic carbocycles. The van der Waals surface area contributed by atoms with Crippen LogP contribution in [0.1, 0.15) is 6.42 Å². The second-order valence-electron chi connectivity index (χ2n) is 5.43. The van der Waals surface area contributed by atoms with E-state index in [-0.39, 0.29) is 28.4 Å². The molecule has 0 aliphatic rings. The lowest BCUT2D eigenvalue weighted by atomic mass is 10.2. The Morgan fingerprint density at radius 1 is 1.07 bits per heavy atom. The van der Waals surface area contributed by atoms with Gasteiger partial charge in [0.05, 0.1) is 35.9 Å². The van der Waals surface area contributed by atoms with Crippen molar-refractivity contribution in [2.24, 2.45) is 0 Å².